The fourth-order valence-electron chi connectivity index (χ4n) is 2.67. The van der Waals surface area contributed by atoms with Crippen LogP contribution in [0.4, 0.5) is 22.7 Å². The molecule has 0 aliphatic rings. The van der Waals surface area contributed by atoms with Gasteiger partial charge in [-0.05, 0) is 23.6 Å². The maximum absolute atomic E-state index is 11.4. The molecule has 0 unspecified atom stereocenters. The maximum Gasteiger partial charge on any atom is 0.338 e. The van der Waals surface area contributed by atoms with Gasteiger partial charge in [0.05, 0.1) is 26.5 Å². The predicted molar refractivity (Wildman–Crippen MR) is 104 cm³/mol. The minimum Gasteiger partial charge on any atom is -0.507 e. The van der Waals surface area contributed by atoms with Gasteiger partial charge in [0, 0.05) is 18.2 Å². The topological polar surface area (TPSA) is 206 Å². The summed E-state index contributed by atoms with van der Waals surface area (Å²) in [6.07, 6.45) is 0. The number of nitrogen functional groups attached to an aromatic ring is 1. The largest absolute Gasteiger partial charge is 0.507 e. The van der Waals surface area contributed by atoms with Crippen molar-refractivity contribution in [1.82, 2.24) is 0 Å². The summed E-state index contributed by atoms with van der Waals surface area (Å²) in [5, 5.41) is 38.2. The van der Waals surface area contributed by atoms with Gasteiger partial charge < -0.3 is 15.9 Å². The molecule has 12 nitrogen and oxygen atoms in total. The molecule has 0 amide bonds. The molecule has 3 rings (SSSR count). The third-order valence-corrected chi connectivity index (χ3v) is 4.88. The molecule has 5 N–H and O–H groups in total. The number of carboxylic acids is 1. The second kappa shape index (κ2) is 7.38. The molecular weight excluding hydrogens is 420 g/mol. The van der Waals surface area contributed by atoms with Crippen LogP contribution >= 0.6 is 0 Å². The lowest BCUT2D eigenvalue weighted by Gasteiger charge is -2.09. The fraction of sp³-hybridized carbons (Fsp3) is 0. The first kappa shape index (κ1) is 20.6. The number of nitro groups is 1. The first-order chi connectivity index (χ1) is 14.0. The number of azo groups is 1. The number of nitrogens with two attached hydrogens (primary N) is 1. The normalized spacial score (nSPS) is 11.8. The van der Waals surface area contributed by atoms with Crippen LogP contribution < -0.4 is 5.73 Å². The monoisotopic (exact) mass is 432 g/mol. The van der Waals surface area contributed by atoms with Crippen molar-refractivity contribution in [2.45, 2.75) is 4.90 Å². The van der Waals surface area contributed by atoms with Crippen molar-refractivity contribution in [3.05, 3.63) is 58.1 Å². The fourth-order valence-corrected chi connectivity index (χ4v) is 3.21. The summed E-state index contributed by atoms with van der Waals surface area (Å²) >= 11 is 0. The zero-order valence-corrected chi connectivity index (χ0v) is 15.6. The van der Waals surface area contributed by atoms with Crippen LogP contribution in [0.1, 0.15) is 10.4 Å². The number of fused-ring (bicyclic) bond motifs is 1. The van der Waals surface area contributed by atoms with Crippen LogP contribution in [0.3, 0.4) is 0 Å². The molecule has 154 valence electrons. The van der Waals surface area contributed by atoms with E-state index in [1.165, 1.54) is 12.1 Å². The van der Waals surface area contributed by atoms with E-state index in [4.69, 9.17) is 5.73 Å². The summed E-state index contributed by atoms with van der Waals surface area (Å²) in [5.74, 6) is -2.04. The molecular formula is C17H12N4O8S. The van der Waals surface area contributed by atoms with E-state index in [0.717, 1.165) is 30.3 Å². The van der Waals surface area contributed by atoms with Crippen LogP contribution in [0, 0.1) is 10.1 Å². The summed E-state index contributed by atoms with van der Waals surface area (Å²) in [6, 6.07) is 7.55. The van der Waals surface area contributed by atoms with Crippen molar-refractivity contribution >= 4 is 49.6 Å². The van der Waals surface area contributed by atoms with Crippen LogP contribution in [0.15, 0.2) is 57.6 Å². The number of nitro benzene ring substituents is 1. The summed E-state index contributed by atoms with van der Waals surface area (Å²) in [4.78, 5) is 20.9. The van der Waals surface area contributed by atoms with Crippen LogP contribution in [0.2, 0.25) is 0 Å². The third-order valence-electron chi connectivity index (χ3n) is 4.05. The molecule has 13 heteroatoms. The number of rotatable bonds is 5. The van der Waals surface area contributed by atoms with E-state index in [-0.39, 0.29) is 27.8 Å². The molecule has 0 heterocycles. The van der Waals surface area contributed by atoms with Gasteiger partial charge in [0.15, 0.2) is 0 Å². The number of phenols is 1. The Morgan fingerprint density at radius 3 is 2.40 bits per heavy atom. The minimum atomic E-state index is -4.59. The number of aromatic hydroxyl groups is 1. The summed E-state index contributed by atoms with van der Waals surface area (Å²) in [6.45, 7) is 0. The average Bonchev–Trinajstić information content (AvgIpc) is 2.66. The van der Waals surface area contributed by atoms with Gasteiger partial charge in [-0.15, -0.1) is 10.2 Å². The van der Waals surface area contributed by atoms with Crippen molar-refractivity contribution in [3.63, 3.8) is 0 Å². The second-order valence-electron chi connectivity index (χ2n) is 5.98. The Morgan fingerprint density at radius 1 is 1.10 bits per heavy atom. The van der Waals surface area contributed by atoms with Crippen molar-refractivity contribution in [1.29, 1.82) is 0 Å². The number of carbonyl (C=O) groups is 1. The summed E-state index contributed by atoms with van der Waals surface area (Å²) < 4.78 is 31.9. The summed E-state index contributed by atoms with van der Waals surface area (Å²) in [5.41, 5.74) is 4.66. The van der Waals surface area contributed by atoms with E-state index >= 15 is 0 Å². The number of hydrogen-bond donors (Lipinski definition) is 4. The Morgan fingerprint density at radius 2 is 1.80 bits per heavy atom. The Hall–Kier alpha value is -4.10. The number of hydrogen-bond acceptors (Lipinski definition) is 9. The Bertz CT molecular complexity index is 1350. The molecule has 0 aliphatic carbocycles. The van der Waals surface area contributed by atoms with Crippen molar-refractivity contribution in [3.8, 4) is 5.75 Å². The van der Waals surface area contributed by atoms with E-state index in [1.54, 1.807) is 0 Å². The van der Waals surface area contributed by atoms with E-state index in [1.807, 2.05) is 0 Å². The lowest BCUT2D eigenvalue weighted by molar-refractivity contribution is -0.384. The van der Waals surface area contributed by atoms with E-state index in [9.17, 15) is 38.1 Å². The highest BCUT2D eigenvalue weighted by atomic mass is 32.2. The molecule has 0 bridgehead atoms. The smallest absolute Gasteiger partial charge is 0.338 e. The molecule has 0 fully saturated rings. The molecule has 3 aromatic carbocycles. The number of benzene rings is 3. The molecule has 0 saturated carbocycles. The first-order valence-electron chi connectivity index (χ1n) is 7.95. The SMILES string of the molecule is Nc1ccc2cc(S(=O)(=O)O)cc(O)c2c1N=Nc1ccc([N+](=O)[O-])cc1C(=O)O. The maximum atomic E-state index is 11.4. The predicted octanol–water partition coefficient (Wildman–Crippen LogP) is 3.40. The van der Waals surface area contributed by atoms with Crippen LogP contribution in [-0.2, 0) is 10.1 Å². The lowest BCUT2D eigenvalue weighted by Crippen LogP contribution is -1.99. The molecule has 0 aromatic heterocycles. The van der Waals surface area contributed by atoms with Crippen LogP contribution in [0.5, 0.6) is 5.75 Å². The highest BCUT2D eigenvalue weighted by molar-refractivity contribution is 7.85. The van der Waals surface area contributed by atoms with Gasteiger partial charge in [-0.3, -0.25) is 14.7 Å². The van der Waals surface area contributed by atoms with Gasteiger partial charge in [-0.25, -0.2) is 4.79 Å². The Balaban J connectivity index is 2.19. The highest BCUT2D eigenvalue weighted by Gasteiger charge is 2.18. The zero-order valence-electron chi connectivity index (χ0n) is 14.8. The zero-order chi connectivity index (χ0) is 22.2. The van der Waals surface area contributed by atoms with Gasteiger partial charge in [-0.1, -0.05) is 6.07 Å². The number of aromatic carboxylic acids is 1. The van der Waals surface area contributed by atoms with Gasteiger partial charge in [0.25, 0.3) is 15.8 Å². The average molecular weight is 432 g/mol. The summed E-state index contributed by atoms with van der Waals surface area (Å²) in [7, 11) is -4.59. The standard InChI is InChI=1S/C17H12N4O8S/c18-12-3-1-8-5-10(30(27,28)29)7-14(22)15(8)16(12)20-19-13-4-2-9(21(25)26)6-11(13)17(23)24/h1-7,22H,18H2,(H,23,24)(H,27,28,29). The van der Waals surface area contributed by atoms with E-state index in [2.05, 4.69) is 10.2 Å². The van der Waals surface area contributed by atoms with E-state index in [0.29, 0.717) is 0 Å². The van der Waals surface area contributed by atoms with Gasteiger partial charge >= 0.3 is 5.97 Å². The van der Waals surface area contributed by atoms with Crippen LogP contribution in [-0.4, -0.2) is 34.1 Å². The molecule has 3 aromatic rings. The second-order valence-corrected chi connectivity index (χ2v) is 7.40. The molecule has 0 radical (unpaired) electrons. The Labute approximate surface area is 167 Å². The number of carboxylic acid groups (broad SMARTS) is 1. The first-order valence-corrected chi connectivity index (χ1v) is 9.39. The number of phenolic OH excluding ortho intramolecular Hbond substituents is 1. The molecule has 0 spiro atoms. The molecule has 30 heavy (non-hydrogen) atoms. The number of non-ortho nitro benzene ring substituents is 1. The quantitative estimate of drug-likeness (QED) is 0.153. The van der Waals surface area contributed by atoms with Crippen molar-refractivity contribution in [2.75, 3.05) is 5.73 Å². The highest BCUT2D eigenvalue weighted by Crippen LogP contribution is 2.40. The van der Waals surface area contributed by atoms with Gasteiger partial charge in [0.1, 0.15) is 17.1 Å². The van der Waals surface area contributed by atoms with Gasteiger partial charge in [-0.2, -0.15) is 8.42 Å². The number of anilines is 1. The van der Waals surface area contributed by atoms with Gasteiger partial charge in [0.2, 0.25) is 0 Å². The molecule has 0 aliphatic heterocycles. The van der Waals surface area contributed by atoms with E-state index < -0.39 is 42.9 Å². The van der Waals surface area contributed by atoms with Crippen molar-refractivity contribution in [2.24, 2.45) is 10.2 Å². The van der Waals surface area contributed by atoms with Crippen molar-refractivity contribution < 1.29 is 32.9 Å². The minimum absolute atomic E-state index is 0.00457. The lowest BCUT2D eigenvalue weighted by atomic mass is 10.1. The third kappa shape index (κ3) is 3.87. The Kier molecular flexibility index (Phi) is 5.07. The van der Waals surface area contributed by atoms with Crippen LogP contribution in [0.25, 0.3) is 10.8 Å². The number of nitrogens with zero attached hydrogens (tertiary/aromatic N) is 3. The molecule has 0 saturated heterocycles. The molecule has 0 atom stereocenters.